The van der Waals surface area contributed by atoms with E-state index in [1.165, 1.54) is 0 Å². The molecule has 0 aromatic rings. The van der Waals surface area contributed by atoms with Crippen molar-refractivity contribution in [3.63, 3.8) is 0 Å². The SMILES string of the molecule is CC(C)CN(CC(F)(F)F)C(=O)CCC(=O)O. The Morgan fingerprint density at radius 3 is 2.12 bits per heavy atom. The maximum Gasteiger partial charge on any atom is 0.406 e. The average Bonchev–Trinajstić information content (AvgIpc) is 2.09. The Bertz CT molecular complexity index is 276. The number of amides is 1. The molecule has 1 N–H and O–H groups in total. The Morgan fingerprint density at radius 1 is 1.24 bits per heavy atom. The van der Waals surface area contributed by atoms with Crippen molar-refractivity contribution in [1.29, 1.82) is 0 Å². The summed E-state index contributed by atoms with van der Waals surface area (Å²) in [4.78, 5) is 22.3. The van der Waals surface area contributed by atoms with Gasteiger partial charge in [-0.2, -0.15) is 13.2 Å². The summed E-state index contributed by atoms with van der Waals surface area (Å²) in [5, 5.41) is 8.37. The van der Waals surface area contributed by atoms with Crippen molar-refractivity contribution >= 4 is 11.9 Å². The summed E-state index contributed by atoms with van der Waals surface area (Å²) >= 11 is 0. The third-order valence-corrected chi connectivity index (χ3v) is 1.86. The van der Waals surface area contributed by atoms with Gasteiger partial charge in [-0.05, 0) is 5.92 Å². The first-order chi connectivity index (χ1) is 7.61. The highest BCUT2D eigenvalue weighted by Gasteiger charge is 2.33. The fourth-order valence-corrected chi connectivity index (χ4v) is 1.28. The topological polar surface area (TPSA) is 57.6 Å². The number of carboxylic acids is 1. The number of aliphatic carboxylic acids is 1. The normalized spacial score (nSPS) is 11.6. The van der Waals surface area contributed by atoms with Crippen LogP contribution in [0.5, 0.6) is 0 Å². The van der Waals surface area contributed by atoms with Crippen molar-refractivity contribution in [3.05, 3.63) is 0 Å². The number of halogens is 3. The summed E-state index contributed by atoms with van der Waals surface area (Å²) in [6, 6.07) is 0. The molecule has 0 atom stereocenters. The fraction of sp³-hybridized carbons (Fsp3) is 0.800. The molecule has 0 fully saturated rings. The van der Waals surface area contributed by atoms with Crippen molar-refractivity contribution in [2.24, 2.45) is 5.92 Å². The second kappa shape index (κ2) is 6.46. The number of carboxylic acid groups (broad SMARTS) is 1. The zero-order valence-electron chi connectivity index (χ0n) is 9.75. The molecule has 1 amide bonds. The molecule has 100 valence electrons. The number of rotatable bonds is 6. The summed E-state index contributed by atoms with van der Waals surface area (Å²) in [7, 11) is 0. The van der Waals surface area contributed by atoms with E-state index in [0.29, 0.717) is 4.90 Å². The molecule has 0 aliphatic carbocycles. The van der Waals surface area contributed by atoms with Gasteiger partial charge in [0.05, 0.1) is 6.42 Å². The van der Waals surface area contributed by atoms with Gasteiger partial charge in [-0.1, -0.05) is 13.8 Å². The lowest BCUT2D eigenvalue weighted by Crippen LogP contribution is -2.41. The van der Waals surface area contributed by atoms with Gasteiger partial charge in [0.1, 0.15) is 6.54 Å². The first kappa shape index (κ1) is 15.7. The van der Waals surface area contributed by atoms with E-state index in [9.17, 15) is 22.8 Å². The van der Waals surface area contributed by atoms with Crippen molar-refractivity contribution in [1.82, 2.24) is 4.90 Å². The molecule has 17 heavy (non-hydrogen) atoms. The summed E-state index contributed by atoms with van der Waals surface area (Å²) < 4.78 is 36.6. The quantitative estimate of drug-likeness (QED) is 0.788. The van der Waals surface area contributed by atoms with Crippen LogP contribution < -0.4 is 0 Å². The highest BCUT2D eigenvalue weighted by Crippen LogP contribution is 2.18. The zero-order valence-corrected chi connectivity index (χ0v) is 9.75. The van der Waals surface area contributed by atoms with Crippen molar-refractivity contribution in [2.75, 3.05) is 13.1 Å². The van der Waals surface area contributed by atoms with Gasteiger partial charge in [0.25, 0.3) is 0 Å². The van der Waals surface area contributed by atoms with Crippen molar-refractivity contribution in [2.45, 2.75) is 32.9 Å². The van der Waals surface area contributed by atoms with Crippen LogP contribution in [0.25, 0.3) is 0 Å². The van der Waals surface area contributed by atoms with E-state index in [1.54, 1.807) is 13.8 Å². The molecule has 0 saturated heterocycles. The highest BCUT2D eigenvalue weighted by atomic mass is 19.4. The molecule has 0 aromatic heterocycles. The molecule has 0 bridgehead atoms. The van der Waals surface area contributed by atoms with Gasteiger partial charge in [0.15, 0.2) is 0 Å². The molecular weight excluding hydrogens is 239 g/mol. The molecule has 0 rings (SSSR count). The number of carbonyl (C=O) groups excluding carboxylic acids is 1. The Balaban J connectivity index is 4.45. The standard InChI is InChI=1S/C10H16F3NO3/c1-7(2)5-14(6-10(11,12)13)8(15)3-4-9(16)17/h7H,3-6H2,1-2H3,(H,16,17). The minimum Gasteiger partial charge on any atom is -0.481 e. The van der Waals surface area contributed by atoms with Crippen LogP contribution >= 0.6 is 0 Å². The first-order valence-electron chi connectivity index (χ1n) is 5.18. The van der Waals surface area contributed by atoms with Crippen LogP contribution in [0.4, 0.5) is 13.2 Å². The molecule has 0 aliphatic rings. The smallest absolute Gasteiger partial charge is 0.406 e. The number of hydrogen-bond acceptors (Lipinski definition) is 2. The van der Waals surface area contributed by atoms with E-state index in [2.05, 4.69) is 0 Å². The second-order valence-electron chi connectivity index (χ2n) is 4.18. The molecule has 0 radical (unpaired) electrons. The molecule has 0 heterocycles. The molecule has 0 saturated carbocycles. The lowest BCUT2D eigenvalue weighted by Gasteiger charge is -2.25. The summed E-state index contributed by atoms with van der Waals surface area (Å²) in [5.74, 6) is -2.08. The van der Waals surface area contributed by atoms with Gasteiger partial charge in [-0.3, -0.25) is 9.59 Å². The van der Waals surface area contributed by atoms with Crippen molar-refractivity contribution in [3.8, 4) is 0 Å². The van der Waals surface area contributed by atoms with Crippen LogP contribution in [0.1, 0.15) is 26.7 Å². The minimum atomic E-state index is -4.46. The minimum absolute atomic E-state index is 0.0298. The molecule has 0 aromatic carbocycles. The number of nitrogens with zero attached hydrogens (tertiary/aromatic N) is 1. The predicted octanol–water partition coefficient (Wildman–Crippen LogP) is 1.90. The van der Waals surface area contributed by atoms with Crippen LogP contribution in [0.2, 0.25) is 0 Å². The van der Waals surface area contributed by atoms with Gasteiger partial charge >= 0.3 is 12.1 Å². The molecule has 0 spiro atoms. The van der Waals surface area contributed by atoms with Crippen LogP contribution in [-0.4, -0.2) is 41.1 Å². The lowest BCUT2D eigenvalue weighted by atomic mass is 10.2. The highest BCUT2D eigenvalue weighted by molar-refractivity contribution is 5.80. The number of alkyl halides is 3. The fourth-order valence-electron chi connectivity index (χ4n) is 1.28. The third kappa shape index (κ3) is 8.53. The van der Waals surface area contributed by atoms with Crippen LogP contribution in [0, 0.1) is 5.92 Å². The first-order valence-corrected chi connectivity index (χ1v) is 5.18. The molecular formula is C10H16F3NO3. The Kier molecular flexibility index (Phi) is 5.98. The molecule has 4 nitrogen and oxygen atoms in total. The number of carbonyl (C=O) groups is 2. The largest absolute Gasteiger partial charge is 0.481 e. The summed E-state index contributed by atoms with van der Waals surface area (Å²) in [6.45, 7) is 2.02. The van der Waals surface area contributed by atoms with E-state index in [-0.39, 0.29) is 12.5 Å². The van der Waals surface area contributed by atoms with Gasteiger partial charge in [-0.25, -0.2) is 0 Å². The summed E-state index contributed by atoms with van der Waals surface area (Å²) in [5.41, 5.74) is 0. The monoisotopic (exact) mass is 255 g/mol. The second-order valence-corrected chi connectivity index (χ2v) is 4.18. The molecule has 0 aliphatic heterocycles. The van der Waals surface area contributed by atoms with E-state index in [0.717, 1.165) is 0 Å². The number of hydrogen-bond donors (Lipinski definition) is 1. The maximum atomic E-state index is 12.2. The Morgan fingerprint density at radius 2 is 1.76 bits per heavy atom. The van der Waals surface area contributed by atoms with E-state index in [4.69, 9.17) is 5.11 Å². The average molecular weight is 255 g/mol. The third-order valence-electron chi connectivity index (χ3n) is 1.86. The molecule has 0 unspecified atom stereocenters. The lowest BCUT2D eigenvalue weighted by molar-refractivity contribution is -0.162. The Labute approximate surface area is 97.4 Å². The van der Waals surface area contributed by atoms with Crippen LogP contribution in [-0.2, 0) is 9.59 Å². The zero-order chi connectivity index (χ0) is 13.6. The Hall–Kier alpha value is -1.27. The maximum absolute atomic E-state index is 12.2. The van der Waals surface area contributed by atoms with Gasteiger partial charge in [-0.15, -0.1) is 0 Å². The van der Waals surface area contributed by atoms with Gasteiger partial charge in [0, 0.05) is 13.0 Å². The van der Waals surface area contributed by atoms with Crippen LogP contribution in [0.3, 0.4) is 0 Å². The molecule has 7 heteroatoms. The van der Waals surface area contributed by atoms with Gasteiger partial charge in [0.2, 0.25) is 5.91 Å². The van der Waals surface area contributed by atoms with E-state index < -0.39 is 37.4 Å². The van der Waals surface area contributed by atoms with E-state index in [1.807, 2.05) is 0 Å². The van der Waals surface area contributed by atoms with E-state index >= 15 is 0 Å². The van der Waals surface area contributed by atoms with Crippen molar-refractivity contribution < 1.29 is 27.9 Å². The van der Waals surface area contributed by atoms with Gasteiger partial charge < -0.3 is 10.0 Å². The van der Waals surface area contributed by atoms with Crippen LogP contribution in [0.15, 0.2) is 0 Å². The predicted molar refractivity (Wildman–Crippen MR) is 54.3 cm³/mol. The summed E-state index contributed by atoms with van der Waals surface area (Å²) in [6.07, 6.45) is -5.32.